The lowest BCUT2D eigenvalue weighted by Gasteiger charge is -2.23. The minimum absolute atomic E-state index is 0. The third-order valence-electron chi connectivity index (χ3n) is 3.77. The molecule has 26 heavy (non-hydrogen) atoms. The van der Waals surface area contributed by atoms with Crippen LogP contribution in [0.5, 0.6) is 11.5 Å². The van der Waals surface area contributed by atoms with Crippen LogP contribution in [0, 0.1) is 0 Å². The lowest BCUT2D eigenvalue weighted by Crippen LogP contribution is -2.39. The zero-order valence-corrected chi connectivity index (χ0v) is 19.4. The average molecular weight is 495 g/mol. The first-order valence-corrected chi connectivity index (χ1v) is 9.89. The minimum Gasteiger partial charge on any atom is -0.454 e. The number of guanidine groups is 1. The Morgan fingerprint density at radius 1 is 1.31 bits per heavy atom. The second-order valence-electron chi connectivity index (χ2n) is 6.94. The summed E-state index contributed by atoms with van der Waals surface area (Å²) in [4.78, 5) is 6.67. The summed E-state index contributed by atoms with van der Waals surface area (Å²) in [7, 11) is 1.10. The molecule has 1 aromatic carbocycles. The number of hydrogen-bond donors (Lipinski definition) is 1. The monoisotopic (exact) mass is 495 g/mol. The van der Waals surface area contributed by atoms with Crippen LogP contribution < -0.4 is 14.8 Å². The highest BCUT2D eigenvalue weighted by Crippen LogP contribution is 2.32. The maximum Gasteiger partial charge on any atom is 0.231 e. The fraction of sp³-hybridized carbons (Fsp3) is 0.611. The number of ether oxygens (including phenoxy) is 2. The number of fused-ring (bicyclic) bond motifs is 1. The van der Waals surface area contributed by atoms with E-state index in [-0.39, 0.29) is 35.5 Å². The molecule has 0 saturated heterocycles. The van der Waals surface area contributed by atoms with E-state index in [9.17, 15) is 4.21 Å². The van der Waals surface area contributed by atoms with Crippen molar-refractivity contribution in [1.29, 1.82) is 0 Å². The van der Waals surface area contributed by atoms with E-state index in [1.807, 2.05) is 52.9 Å². The largest absolute Gasteiger partial charge is 0.454 e. The molecule has 1 N–H and O–H groups in total. The second kappa shape index (κ2) is 10.3. The molecule has 0 saturated carbocycles. The normalized spacial score (nSPS) is 14.6. The lowest BCUT2D eigenvalue weighted by molar-refractivity contribution is 0.174. The zero-order valence-electron chi connectivity index (χ0n) is 16.2. The lowest BCUT2D eigenvalue weighted by atomic mass is 10.2. The van der Waals surface area contributed by atoms with Gasteiger partial charge >= 0.3 is 0 Å². The number of benzene rings is 1. The smallest absolute Gasteiger partial charge is 0.231 e. The molecule has 0 aromatic heterocycles. The summed E-state index contributed by atoms with van der Waals surface area (Å²) in [5.74, 6) is 2.95. The highest BCUT2D eigenvalue weighted by Gasteiger charge is 2.19. The van der Waals surface area contributed by atoms with Gasteiger partial charge in [0.2, 0.25) is 6.79 Å². The van der Waals surface area contributed by atoms with E-state index in [0.717, 1.165) is 29.6 Å². The minimum atomic E-state index is -0.893. The van der Waals surface area contributed by atoms with Crippen LogP contribution in [-0.2, 0) is 17.3 Å². The summed E-state index contributed by atoms with van der Waals surface area (Å²) in [5, 5.41) is 3.29. The fourth-order valence-corrected chi connectivity index (χ4v) is 3.27. The molecule has 148 valence electrons. The van der Waals surface area contributed by atoms with Crippen molar-refractivity contribution in [2.24, 2.45) is 4.99 Å². The topological polar surface area (TPSA) is 63.2 Å². The van der Waals surface area contributed by atoms with Crippen LogP contribution in [-0.4, -0.2) is 52.5 Å². The van der Waals surface area contributed by atoms with Crippen LogP contribution in [0.25, 0.3) is 0 Å². The van der Waals surface area contributed by atoms with Gasteiger partial charge in [-0.2, -0.15) is 0 Å². The average Bonchev–Trinajstić information content (AvgIpc) is 3.00. The first-order valence-electron chi connectivity index (χ1n) is 8.57. The predicted molar refractivity (Wildman–Crippen MR) is 118 cm³/mol. The molecule has 1 aliphatic rings. The van der Waals surface area contributed by atoms with Crippen molar-refractivity contribution >= 4 is 40.7 Å². The van der Waals surface area contributed by atoms with E-state index in [2.05, 4.69) is 15.2 Å². The molecular weight excluding hydrogens is 465 g/mol. The number of nitrogens with one attached hydrogen (secondary N) is 1. The van der Waals surface area contributed by atoms with Gasteiger partial charge in [0.15, 0.2) is 17.5 Å². The molecule has 2 rings (SSSR count). The van der Waals surface area contributed by atoms with Gasteiger partial charge in [0.25, 0.3) is 0 Å². The third-order valence-corrected chi connectivity index (χ3v) is 5.69. The summed E-state index contributed by atoms with van der Waals surface area (Å²) < 4.78 is 22.7. The van der Waals surface area contributed by atoms with Gasteiger partial charge in [-0.25, -0.2) is 0 Å². The van der Waals surface area contributed by atoms with Gasteiger partial charge in [-0.1, -0.05) is 6.07 Å². The molecule has 1 atom stereocenters. The van der Waals surface area contributed by atoms with E-state index in [1.165, 1.54) is 0 Å². The fourth-order valence-electron chi connectivity index (χ4n) is 2.40. The van der Waals surface area contributed by atoms with Crippen LogP contribution >= 0.6 is 24.0 Å². The number of rotatable bonds is 6. The van der Waals surface area contributed by atoms with Gasteiger partial charge < -0.3 is 19.7 Å². The van der Waals surface area contributed by atoms with Crippen molar-refractivity contribution in [2.45, 2.75) is 39.0 Å². The van der Waals surface area contributed by atoms with Gasteiger partial charge in [0.1, 0.15) is 0 Å². The summed E-state index contributed by atoms with van der Waals surface area (Å²) in [6, 6.07) is 5.96. The molecule has 0 fully saturated rings. The van der Waals surface area contributed by atoms with Gasteiger partial charge in [-0.05, 0) is 45.4 Å². The molecule has 1 aromatic rings. The molecule has 0 spiro atoms. The Labute approximate surface area is 176 Å². The van der Waals surface area contributed by atoms with Crippen molar-refractivity contribution in [3.05, 3.63) is 23.8 Å². The van der Waals surface area contributed by atoms with E-state index in [0.29, 0.717) is 18.8 Å². The Hall–Kier alpha value is -1.03. The van der Waals surface area contributed by atoms with Gasteiger partial charge in [0.05, 0.1) is 6.54 Å². The zero-order chi connectivity index (χ0) is 18.4. The Balaban J connectivity index is 0.00000338. The van der Waals surface area contributed by atoms with Gasteiger partial charge in [0, 0.05) is 41.4 Å². The Kier molecular flexibility index (Phi) is 9.15. The van der Waals surface area contributed by atoms with Crippen molar-refractivity contribution in [3.8, 4) is 11.5 Å². The van der Waals surface area contributed by atoms with E-state index < -0.39 is 10.8 Å². The quantitative estimate of drug-likeness (QED) is 0.374. The SMILES string of the molecule is CCNC(=NCCS(=O)C(C)(C)C)N(C)Cc1ccc2c(c1)OCO2.I. The van der Waals surface area contributed by atoms with Crippen LogP contribution in [0.2, 0.25) is 0 Å². The van der Waals surface area contributed by atoms with Crippen molar-refractivity contribution in [2.75, 3.05) is 32.7 Å². The van der Waals surface area contributed by atoms with Crippen LogP contribution in [0.4, 0.5) is 0 Å². The summed E-state index contributed by atoms with van der Waals surface area (Å²) in [6.07, 6.45) is 0. The van der Waals surface area contributed by atoms with Crippen LogP contribution in [0.3, 0.4) is 0 Å². The standard InChI is InChI=1S/C18H29N3O3S.HI/c1-6-19-17(20-9-10-25(22)18(2,3)4)21(5)12-14-7-8-15-16(11-14)24-13-23-15;/h7-8,11H,6,9-10,12-13H2,1-5H3,(H,19,20);1H. The molecule has 0 radical (unpaired) electrons. The van der Waals surface area contributed by atoms with E-state index in [4.69, 9.17) is 9.47 Å². The van der Waals surface area contributed by atoms with Crippen molar-refractivity contribution in [3.63, 3.8) is 0 Å². The number of aliphatic imine (C=N–C) groups is 1. The molecule has 8 heteroatoms. The summed E-state index contributed by atoms with van der Waals surface area (Å²) >= 11 is 0. The van der Waals surface area contributed by atoms with Crippen molar-refractivity contribution < 1.29 is 13.7 Å². The molecule has 1 aliphatic heterocycles. The Morgan fingerprint density at radius 2 is 2.00 bits per heavy atom. The summed E-state index contributed by atoms with van der Waals surface area (Å²) in [5.41, 5.74) is 1.12. The predicted octanol–water partition coefficient (Wildman–Crippen LogP) is 2.98. The molecular formula is C18H30IN3O3S. The van der Waals surface area contributed by atoms with Crippen LogP contribution in [0.1, 0.15) is 33.3 Å². The Bertz CT molecular complexity index is 647. The van der Waals surface area contributed by atoms with Crippen molar-refractivity contribution in [1.82, 2.24) is 10.2 Å². The molecule has 0 bridgehead atoms. The molecule has 1 unspecified atom stereocenters. The molecule has 0 aliphatic carbocycles. The van der Waals surface area contributed by atoms with Gasteiger partial charge in [-0.3, -0.25) is 9.20 Å². The maximum atomic E-state index is 12.2. The van der Waals surface area contributed by atoms with E-state index >= 15 is 0 Å². The highest BCUT2D eigenvalue weighted by molar-refractivity contribution is 14.0. The number of hydrogen-bond acceptors (Lipinski definition) is 4. The highest BCUT2D eigenvalue weighted by atomic mass is 127. The molecule has 6 nitrogen and oxygen atoms in total. The molecule has 1 heterocycles. The maximum absolute atomic E-state index is 12.2. The first-order chi connectivity index (χ1) is 11.8. The van der Waals surface area contributed by atoms with Gasteiger partial charge in [-0.15, -0.1) is 24.0 Å². The van der Waals surface area contributed by atoms with Crippen LogP contribution in [0.15, 0.2) is 23.2 Å². The third kappa shape index (κ3) is 6.61. The second-order valence-corrected chi connectivity index (χ2v) is 9.27. The summed E-state index contributed by atoms with van der Waals surface area (Å²) in [6.45, 7) is 10.3. The number of halogens is 1. The molecule has 0 amide bonds. The number of nitrogens with zero attached hydrogens (tertiary/aromatic N) is 2. The Morgan fingerprint density at radius 3 is 2.65 bits per heavy atom. The van der Waals surface area contributed by atoms with E-state index in [1.54, 1.807) is 0 Å². The first kappa shape index (κ1) is 23.0.